The van der Waals surface area contributed by atoms with Crippen molar-refractivity contribution in [3.63, 3.8) is 0 Å². The van der Waals surface area contributed by atoms with E-state index in [1.54, 1.807) is 7.11 Å². The highest BCUT2D eigenvalue weighted by molar-refractivity contribution is 14.0. The van der Waals surface area contributed by atoms with Crippen molar-refractivity contribution in [1.29, 1.82) is 0 Å². The Morgan fingerprint density at radius 2 is 1.96 bits per heavy atom. The summed E-state index contributed by atoms with van der Waals surface area (Å²) in [6.07, 6.45) is -4.43. The molecule has 0 radical (unpaired) electrons. The summed E-state index contributed by atoms with van der Waals surface area (Å²) in [5.41, 5.74) is 1.91. The van der Waals surface area contributed by atoms with Gasteiger partial charge in [0.2, 0.25) is 5.91 Å². The van der Waals surface area contributed by atoms with Crippen LogP contribution in [0.15, 0.2) is 23.2 Å². The molecule has 1 rings (SSSR count). The lowest BCUT2D eigenvalue weighted by atomic mass is 10.1. The number of hydrogen-bond acceptors (Lipinski definition) is 3. The predicted octanol–water partition coefficient (Wildman–Crippen LogP) is 2.70. The van der Waals surface area contributed by atoms with Crippen LogP contribution >= 0.6 is 24.0 Å². The van der Waals surface area contributed by atoms with Crippen molar-refractivity contribution in [3.8, 4) is 5.75 Å². The number of methoxy groups -OCH3 is 1. The Kier molecular flexibility index (Phi) is 11.1. The maximum Gasteiger partial charge on any atom is 0.406 e. The molecule has 10 heteroatoms. The first-order valence-corrected chi connectivity index (χ1v) is 8.12. The number of guanidine groups is 1. The Hall–Kier alpha value is -1.72. The average Bonchev–Trinajstić information content (AvgIpc) is 2.56. The summed E-state index contributed by atoms with van der Waals surface area (Å²) < 4.78 is 42.3. The first kappa shape index (κ1) is 25.3. The van der Waals surface area contributed by atoms with Crippen molar-refractivity contribution in [2.75, 3.05) is 33.8 Å². The number of rotatable bonds is 7. The van der Waals surface area contributed by atoms with E-state index in [-0.39, 0.29) is 30.5 Å². The SMILES string of the molecule is CCNC(=NCc1ccc(C)cc1OC)NCC(=O)N(C)CC(F)(F)F.I. The Bertz CT molecular complexity index is 639. The number of likely N-dealkylation sites (N-methyl/N-ethyl adjacent to an activating group) is 1. The molecule has 0 fully saturated rings. The van der Waals surface area contributed by atoms with Gasteiger partial charge in [0.05, 0.1) is 20.2 Å². The number of amides is 1. The number of nitrogens with one attached hydrogen (secondary N) is 2. The van der Waals surface area contributed by atoms with E-state index in [1.165, 1.54) is 0 Å². The summed E-state index contributed by atoms with van der Waals surface area (Å²) in [5, 5.41) is 5.70. The molecule has 1 aromatic rings. The maximum absolute atomic E-state index is 12.3. The van der Waals surface area contributed by atoms with Crippen LogP contribution in [-0.4, -0.2) is 56.7 Å². The smallest absolute Gasteiger partial charge is 0.406 e. The zero-order valence-corrected chi connectivity index (χ0v) is 18.1. The monoisotopic (exact) mass is 502 g/mol. The second kappa shape index (κ2) is 11.9. The number of carbonyl (C=O) groups is 1. The van der Waals surface area contributed by atoms with Crippen LogP contribution in [0.4, 0.5) is 13.2 Å². The van der Waals surface area contributed by atoms with Crippen LogP contribution < -0.4 is 15.4 Å². The number of hydrogen-bond donors (Lipinski definition) is 2. The third kappa shape index (κ3) is 9.68. The molecule has 0 atom stereocenters. The third-order valence-corrected chi connectivity index (χ3v) is 3.44. The Labute approximate surface area is 174 Å². The van der Waals surface area contributed by atoms with Crippen LogP contribution in [0.2, 0.25) is 0 Å². The largest absolute Gasteiger partial charge is 0.496 e. The zero-order valence-electron chi connectivity index (χ0n) is 15.8. The zero-order chi connectivity index (χ0) is 19.7. The second-order valence-corrected chi connectivity index (χ2v) is 5.73. The minimum atomic E-state index is -4.43. The molecule has 27 heavy (non-hydrogen) atoms. The normalized spacial score (nSPS) is 11.4. The fourth-order valence-corrected chi connectivity index (χ4v) is 2.14. The highest BCUT2D eigenvalue weighted by Gasteiger charge is 2.31. The molecule has 0 heterocycles. The summed E-state index contributed by atoms with van der Waals surface area (Å²) in [5.74, 6) is 0.357. The van der Waals surface area contributed by atoms with Gasteiger partial charge in [0.25, 0.3) is 0 Å². The lowest BCUT2D eigenvalue weighted by Crippen LogP contribution is -2.45. The number of aliphatic imine (C=N–C) groups is 1. The molecule has 0 aliphatic heterocycles. The molecule has 0 aliphatic carbocycles. The van der Waals surface area contributed by atoms with Gasteiger partial charge in [-0.15, -0.1) is 24.0 Å². The molecule has 2 N–H and O–H groups in total. The molecule has 0 unspecified atom stereocenters. The minimum Gasteiger partial charge on any atom is -0.496 e. The number of carbonyl (C=O) groups excluding carboxylic acids is 1. The van der Waals surface area contributed by atoms with Crippen LogP contribution in [-0.2, 0) is 11.3 Å². The molecule has 0 bridgehead atoms. The van der Waals surface area contributed by atoms with Gasteiger partial charge in [0, 0.05) is 19.2 Å². The number of benzene rings is 1. The van der Waals surface area contributed by atoms with Crippen molar-refractivity contribution in [1.82, 2.24) is 15.5 Å². The molecule has 154 valence electrons. The summed E-state index contributed by atoms with van der Waals surface area (Å²) in [6.45, 7) is 3.06. The van der Waals surface area contributed by atoms with Gasteiger partial charge < -0.3 is 20.3 Å². The molecule has 0 spiro atoms. The van der Waals surface area contributed by atoms with Gasteiger partial charge in [-0.1, -0.05) is 12.1 Å². The average molecular weight is 502 g/mol. The highest BCUT2D eigenvalue weighted by atomic mass is 127. The van der Waals surface area contributed by atoms with Gasteiger partial charge in [-0.2, -0.15) is 13.2 Å². The summed E-state index contributed by atoms with van der Waals surface area (Å²) in [7, 11) is 2.68. The molecule has 0 aliphatic rings. The summed E-state index contributed by atoms with van der Waals surface area (Å²) >= 11 is 0. The van der Waals surface area contributed by atoms with Gasteiger partial charge in [0.15, 0.2) is 5.96 Å². The Morgan fingerprint density at radius 3 is 2.52 bits per heavy atom. The van der Waals surface area contributed by atoms with Crippen molar-refractivity contribution in [2.24, 2.45) is 4.99 Å². The van der Waals surface area contributed by atoms with Gasteiger partial charge in [0.1, 0.15) is 12.3 Å². The standard InChI is InChI=1S/C17H25F3N4O2.HI/c1-5-21-16(23-10-15(25)24(3)11-17(18,19)20)22-9-13-7-6-12(2)8-14(13)26-4;/h6-8H,5,9-11H2,1-4H3,(H2,21,22,23);1H. The van der Waals surface area contributed by atoms with E-state index in [2.05, 4.69) is 15.6 Å². The lowest BCUT2D eigenvalue weighted by Gasteiger charge is -2.20. The fraction of sp³-hybridized carbons (Fsp3) is 0.529. The number of ether oxygens (including phenoxy) is 1. The number of aryl methyl sites for hydroxylation is 1. The molecule has 0 saturated heterocycles. The minimum absolute atomic E-state index is 0. The quantitative estimate of drug-likeness (QED) is 0.342. The van der Waals surface area contributed by atoms with E-state index in [0.717, 1.165) is 18.2 Å². The molecule has 1 aromatic carbocycles. The van der Waals surface area contributed by atoms with E-state index < -0.39 is 18.6 Å². The Morgan fingerprint density at radius 1 is 1.30 bits per heavy atom. The fourth-order valence-electron chi connectivity index (χ4n) is 2.14. The van der Waals surface area contributed by atoms with E-state index in [9.17, 15) is 18.0 Å². The van der Waals surface area contributed by atoms with Gasteiger partial charge in [-0.3, -0.25) is 4.79 Å². The molecule has 1 amide bonds. The van der Waals surface area contributed by atoms with Crippen molar-refractivity contribution in [2.45, 2.75) is 26.6 Å². The molecule has 0 saturated carbocycles. The van der Waals surface area contributed by atoms with Crippen LogP contribution in [0.25, 0.3) is 0 Å². The topological polar surface area (TPSA) is 66.0 Å². The molecular formula is C17H26F3IN4O2. The second-order valence-electron chi connectivity index (χ2n) is 5.73. The predicted molar refractivity (Wildman–Crippen MR) is 110 cm³/mol. The number of nitrogens with zero attached hydrogens (tertiary/aromatic N) is 2. The summed E-state index contributed by atoms with van der Waals surface area (Å²) in [6, 6.07) is 5.72. The van der Waals surface area contributed by atoms with Crippen molar-refractivity contribution < 1.29 is 22.7 Å². The summed E-state index contributed by atoms with van der Waals surface area (Å²) in [4.78, 5) is 16.8. The van der Waals surface area contributed by atoms with E-state index in [0.29, 0.717) is 29.7 Å². The number of halogens is 4. The third-order valence-electron chi connectivity index (χ3n) is 3.44. The van der Waals surface area contributed by atoms with Gasteiger partial charge >= 0.3 is 6.18 Å². The first-order valence-electron chi connectivity index (χ1n) is 8.12. The van der Waals surface area contributed by atoms with Crippen molar-refractivity contribution in [3.05, 3.63) is 29.3 Å². The van der Waals surface area contributed by atoms with E-state index in [1.807, 2.05) is 32.0 Å². The molecule has 0 aromatic heterocycles. The first-order chi connectivity index (χ1) is 12.2. The van der Waals surface area contributed by atoms with E-state index >= 15 is 0 Å². The van der Waals surface area contributed by atoms with Gasteiger partial charge in [-0.25, -0.2) is 4.99 Å². The highest BCUT2D eigenvalue weighted by Crippen LogP contribution is 2.20. The van der Waals surface area contributed by atoms with Gasteiger partial charge in [-0.05, 0) is 25.5 Å². The van der Waals surface area contributed by atoms with Crippen LogP contribution in [0.3, 0.4) is 0 Å². The van der Waals surface area contributed by atoms with Crippen LogP contribution in [0.1, 0.15) is 18.1 Å². The van der Waals surface area contributed by atoms with Crippen LogP contribution in [0, 0.1) is 6.92 Å². The van der Waals surface area contributed by atoms with E-state index in [4.69, 9.17) is 4.74 Å². The molecular weight excluding hydrogens is 476 g/mol. The van der Waals surface area contributed by atoms with Crippen molar-refractivity contribution >= 4 is 35.8 Å². The molecule has 6 nitrogen and oxygen atoms in total. The Balaban J connectivity index is 0.00000676. The lowest BCUT2D eigenvalue weighted by molar-refractivity contribution is -0.157. The maximum atomic E-state index is 12.3. The van der Waals surface area contributed by atoms with Crippen LogP contribution in [0.5, 0.6) is 5.75 Å². The number of alkyl halides is 3.